The lowest BCUT2D eigenvalue weighted by Gasteiger charge is -2.25. The molecule has 1 N–H and O–H groups in total. The van der Waals surface area contributed by atoms with Gasteiger partial charge in [-0.05, 0) is 59.0 Å². The van der Waals surface area contributed by atoms with Crippen LogP contribution >= 0.6 is 0 Å². The van der Waals surface area contributed by atoms with E-state index in [0.717, 1.165) is 19.4 Å². The zero-order chi connectivity index (χ0) is 13.8. The van der Waals surface area contributed by atoms with E-state index in [1.807, 2.05) is 27.8 Å². The van der Waals surface area contributed by atoms with Crippen molar-refractivity contribution in [2.24, 2.45) is 11.8 Å². The van der Waals surface area contributed by atoms with Crippen LogP contribution in [0.1, 0.15) is 33.6 Å². The van der Waals surface area contributed by atoms with E-state index in [0.29, 0.717) is 29.9 Å². The van der Waals surface area contributed by atoms with E-state index in [1.54, 1.807) is 0 Å². The Morgan fingerprint density at radius 2 is 2.06 bits per heavy atom. The zero-order valence-corrected chi connectivity index (χ0v) is 12.8. The first-order valence-corrected chi connectivity index (χ1v) is 8.54. The Morgan fingerprint density at radius 1 is 1.39 bits per heavy atom. The summed E-state index contributed by atoms with van der Waals surface area (Å²) in [6, 6.07) is 0. The van der Waals surface area contributed by atoms with Gasteiger partial charge in [0.1, 0.15) is 0 Å². The highest BCUT2D eigenvalue weighted by molar-refractivity contribution is 7.91. The van der Waals surface area contributed by atoms with Crippen molar-refractivity contribution >= 4 is 9.84 Å². The van der Waals surface area contributed by atoms with Crippen molar-refractivity contribution in [2.45, 2.75) is 39.2 Å². The van der Waals surface area contributed by atoms with Crippen LogP contribution in [0.2, 0.25) is 0 Å². The van der Waals surface area contributed by atoms with Crippen molar-refractivity contribution in [3.8, 4) is 0 Å². The summed E-state index contributed by atoms with van der Waals surface area (Å²) in [5.74, 6) is 1.41. The maximum Gasteiger partial charge on any atom is 0.150 e. The lowest BCUT2D eigenvalue weighted by molar-refractivity contribution is -0.0116. The van der Waals surface area contributed by atoms with E-state index in [-0.39, 0.29) is 5.60 Å². The van der Waals surface area contributed by atoms with Gasteiger partial charge in [-0.2, -0.15) is 0 Å². The van der Waals surface area contributed by atoms with Crippen molar-refractivity contribution < 1.29 is 13.2 Å². The zero-order valence-electron chi connectivity index (χ0n) is 12.0. The maximum atomic E-state index is 11.5. The lowest BCUT2D eigenvalue weighted by atomic mass is 9.89. The molecule has 1 saturated heterocycles. The largest absolute Gasteiger partial charge is 0.376 e. The van der Waals surface area contributed by atoms with Crippen LogP contribution in [0.5, 0.6) is 0 Å². The van der Waals surface area contributed by atoms with Crippen LogP contribution in [0.25, 0.3) is 0 Å². The Kier molecular flexibility index (Phi) is 5.62. The van der Waals surface area contributed by atoms with Crippen LogP contribution in [-0.2, 0) is 14.6 Å². The van der Waals surface area contributed by atoms with Gasteiger partial charge >= 0.3 is 0 Å². The summed E-state index contributed by atoms with van der Waals surface area (Å²) in [5, 5.41) is 3.17. The van der Waals surface area contributed by atoms with E-state index >= 15 is 0 Å². The molecule has 2 atom stereocenters. The van der Waals surface area contributed by atoms with Crippen LogP contribution in [0.15, 0.2) is 0 Å². The summed E-state index contributed by atoms with van der Waals surface area (Å²) < 4.78 is 28.8. The number of nitrogens with one attached hydrogen (secondary N) is 1. The molecule has 0 aromatic carbocycles. The minimum Gasteiger partial charge on any atom is -0.376 e. The molecule has 0 aromatic heterocycles. The summed E-state index contributed by atoms with van der Waals surface area (Å²) in [5.41, 5.74) is -0.119. The molecule has 0 amide bonds. The van der Waals surface area contributed by atoms with Gasteiger partial charge in [-0.3, -0.25) is 0 Å². The number of hydrogen-bond donors (Lipinski definition) is 1. The summed E-state index contributed by atoms with van der Waals surface area (Å²) >= 11 is 0. The molecule has 2 unspecified atom stereocenters. The molecule has 18 heavy (non-hydrogen) atoms. The van der Waals surface area contributed by atoms with Gasteiger partial charge in [-0.1, -0.05) is 0 Å². The van der Waals surface area contributed by atoms with E-state index < -0.39 is 9.84 Å². The minimum absolute atomic E-state index is 0.119. The van der Waals surface area contributed by atoms with Crippen LogP contribution in [0.4, 0.5) is 0 Å². The van der Waals surface area contributed by atoms with Gasteiger partial charge in [0.2, 0.25) is 0 Å². The Balaban J connectivity index is 2.45. The highest BCUT2D eigenvalue weighted by Gasteiger charge is 2.33. The molecule has 1 heterocycles. The van der Waals surface area contributed by atoms with Crippen molar-refractivity contribution in [3.63, 3.8) is 0 Å². The third-order valence-electron chi connectivity index (χ3n) is 3.42. The lowest BCUT2D eigenvalue weighted by Crippen LogP contribution is -2.29. The molecule has 4 nitrogen and oxygen atoms in total. The van der Waals surface area contributed by atoms with Crippen LogP contribution in [0, 0.1) is 11.8 Å². The van der Waals surface area contributed by atoms with Crippen molar-refractivity contribution in [3.05, 3.63) is 0 Å². The molecule has 1 fully saturated rings. The molecule has 0 bridgehead atoms. The molecule has 0 aromatic rings. The van der Waals surface area contributed by atoms with Gasteiger partial charge in [0.25, 0.3) is 0 Å². The van der Waals surface area contributed by atoms with Gasteiger partial charge in [-0.25, -0.2) is 8.42 Å². The van der Waals surface area contributed by atoms with Gasteiger partial charge in [-0.15, -0.1) is 0 Å². The maximum absolute atomic E-state index is 11.5. The van der Waals surface area contributed by atoms with E-state index in [2.05, 4.69) is 5.32 Å². The van der Waals surface area contributed by atoms with Crippen molar-refractivity contribution in [1.82, 2.24) is 5.32 Å². The topological polar surface area (TPSA) is 55.4 Å². The number of hydrogen-bond acceptors (Lipinski definition) is 4. The standard InChI is InChI=1S/C13H27NO3S/c1-13(2,3)17-7-5-11(9-14-4)12-6-8-18(15,16)10-12/h11-12,14H,5-10H2,1-4H3. The SMILES string of the molecule is CNCC(CCOC(C)(C)C)C1CCS(=O)(=O)C1. The fourth-order valence-electron chi connectivity index (χ4n) is 2.48. The van der Waals surface area contributed by atoms with Crippen molar-refractivity contribution in [2.75, 3.05) is 31.7 Å². The third-order valence-corrected chi connectivity index (χ3v) is 5.22. The summed E-state index contributed by atoms with van der Waals surface area (Å²) in [4.78, 5) is 0. The number of rotatable bonds is 6. The molecular formula is C13H27NO3S. The Hall–Kier alpha value is -0.130. The summed E-state index contributed by atoms with van der Waals surface area (Å²) in [6.45, 7) is 7.69. The Bertz CT molecular complexity index is 346. The first kappa shape index (κ1) is 15.9. The quantitative estimate of drug-likeness (QED) is 0.798. The second-order valence-electron chi connectivity index (χ2n) is 6.23. The number of ether oxygens (including phenoxy) is 1. The van der Waals surface area contributed by atoms with Gasteiger partial charge in [0.05, 0.1) is 17.1 Å². The molecular weight excluding hydrogens is 250 g/mol. The van der Waals surface area contributed by atoms with Gasteiger partial charge < -0.3 is 10.1 Å². The molecule has 1 aliphatic rings. The molecule has 1 rings (SSSR count). The fourth-order valence-corrected chi connectivity index (χ4v) is 4.40. The molecule has 0 spiro atoms. The third kappa shape index (κ3) is 5.67. The van der Waals surface area contributed by atoms with Crippen LogP contribution in [-0.4, -0.2) is 45.7 Å². The highest BCUT2D eigenvalue weighted by Crippen LogP contribution is 2.28. The Morgan fingerprint density at radius 3 is 2.50 bits per heavy atom. The second-order valence-corrected chi connectivity index (χ2v) is 8.46. The summed E-state index contributed by atoms with van der Waals surface area (Å²) in [6.07, 6.45) is 1.74. The van der Waals surface area contributed by atoms with E-state index in [1.165, 1.54) is 0 Å². The molecule has 108 valence electrons. The van der Waals surface area contributed by atoms with Crippen LogP contribution < -0.4 is 5.32 Å². The molecule has 0 radical (unpaired) electrons. The second kappa shape index (κ2) is 6.35. The Labute approximate surface area is 111 Å². The smallest absolute Gasteiger partial charge is 0.150 e. The summed E-state index contributed by atoms with van der Waals surface area (Å²) in [7, 11) is -0.863. The highest BCUT2D eigenvalue weighted by atomic mass is 32.2. The van der Waals surface area contributed by atoms with Gasteiger partial charge in [0.15, 0.2) is 9.84 Å². The molecule has 5 heteroatoms. The molecule has 1 aliphatic heterocycles. The first-order valence-electron chi connectivity index (χ1n) is 6.72. The predicted molar refractivity (Wildman–Crippen MR) is 74.5 cm³/mol. The number of sulfone groups is 1. The van der Waals surface area contributed by atoms with Gasteiger partial charge in [0, 0.05) is 6.61 Å². The predicted octanol–water partition coefficient (Wildman–Crippen LogP) is 1.46. The first-order chi connectivity index (χ1) is 8.23. The monoisotopic (exact) mass is 277 g/mol. The molecule has 0 saturated carbocycles. The van der Waals surface area contributed by atoms with Crippen LogP contribution in [0.3, 0.4) is 0 Å². The average Bonchev–Trinajstić information content (AvgIpc) is 2.56. The van der Waals surface area contributed by atoms with Crippen molar-refractivity contribution in [1.29, 1.82) is 0 Å². The minimum atomic E-state index is -2.78. The molecule has 0 aliphatic carbocycles. The fraction of sp³-hybridized carbons (Fsp3) is 1.00. The normalized spacial score (nSPS) is 25.2. The van der Waals surface area contributed by atoms with E-state index in [9.17, 15) is 8.42 Å². The average molecular weight is 277 g/mol. The van der Waals surface area contributed by atoms with E-state index in [4.69, 9.17) is 4.74 Å².